The molecule has 0 aliphatic heterocycles. The zero-order valence-electron chi connectivity index (χ0n) is 14.5. The molecule has 0 heterocycles. The topological polar surface area (TPSA) is 116 Å². The molecule has 1 radical (unpaired) electrons. The summed E-state index contributed by atoms with van der Waals surface area (Å²) in [6.45, 7) is 2.05. The van der Waals surface area contributed by atoms with Gasteiger partial charge in [0, 0.05) is 0 Å². The van der Waals surface area contributed by atoms with Gasteiger partial charge in [0.05, 0.1) is 19.1 Å². The van der Waals surface area contributed by atoms with Crippen molar-refractivity contribution in [2.45, 2.75) is 44.7 Å². The molecule has 0 aromatic heterocycles. The van der Waals surface area contributed by atoms with Crippen molar-refractivity contribution >= 4 is 18.1 Å². The van der Waals surface area contributed by atoms with Gasteiger partial charge >= 0.3 is 0 Å². The van der Waals surface area contributed by atoms with E-state index in [9.17, 15) is 14.4 Å². The lowest BCUT2D eigenvalue weighted by molar-refractivity contribution is -0.147. The Bertz CT molecular complexity index is 551. The summed E-state index contributed by atoms with van der Waals surface area (Å²) in [7, 11) is 0. The van der Waals surface area contributed by atoms with E-state index in [1.165, 1.54) is 6.92 Å². The van der Waals surface area contributed by atoms with Gasteiger partial charge in [0.1, 0.15) is 11.8 Å². The smallest absolute Gasteiger partial charge is 0.246 e. The van der Waals surface area contributed by atoms with E-state index in [0.29, 0.717) is 25.1 Å². The Balaban J connectivity index is 2.62. The van der Waals surface area contributed by atoms with Crippen LogP contribution in [0.5, 0.6) is 5.75 Å². The van der Waals surface area contributed by atoms with Gasteiger partial charge in [-0.15, -0.1) is 0 Å². The predicted octanol–water partition coefficient (Wildman–Crippen LogP) is 0.765. The lowest BCUT2D eigenvalue weighted by Crippen LogP contribution is -2.51. The zero-order valence-corrected chi connectivity index (χ0v) is 14.5. The highest BCUT2D eigenvalue weighted by molar-refractivity contribution is 6.00. The first kappa shape index (κ1) is 20.8. The van der Waals surface area contributed by atoms with E-state index in [1.54, 1.807) is 18.4 Å². The number of rotatable bonds is 11. The fourth-order valence-electron chi connectivity index (χ4n) is 2.29. The van der Waals surface area contributed by atoms with Crippen LogP contribution in [0.3, 0.4) is 0 Å². The number of nitrogens with two attached hydrogens (primary N) is 2. The van der Waals surface area contributed by atoms with Gasteiger partial charge in [0.15, 0.2) is 0 Å². The van der Waals surface area contributed by atoms with Gasteiger partial charge in [-0.25, -0.2) is 0 Å². The van der Waals surface area contributed by atoms with Gasteiger partial charge in [-0.1, -0.05) is 24.6 Å². The number of nitrogens with zero attached hydrogens (tertiary/aromatic N) is 1. The third-order valence-electron chi connectivity index (χ3n) is 3.68. The molecule has 0 aliphatic carbocycles. The molecule has 2 atom stereocenters. The molecule has 4 N–H and O–H groups in total. The normalized spacial score (nSPS) is 12.9. The Kier molecular flexibility index (Phi) is 9.42. The van der Waals surface area contributed by atoms with Crippen molar-refractivity contribution in [2.24, 2.45) is 11.5 Å². The van der Waals surface area contributed by atoms with E-state index in [2.05, 4.69) is 0 Å². The Morgan fingerprint density at radius 3 is 2.52 bits per heavy atom. The van der Waals surface area contributed by atoms with Gasteiger partial charge in [-0.3, -0.25) is 19.3 Å². The molecule has 0 spiro atoms. The van der Waals surface area contributed by atoms with Crippen LogP contribution >= 0.6 is 0 Å². The maximum atomic E-state index is 12.4. The van der Waals surface area contributed by atoms with E-state index >= 15 is 0 Å². The number of benzene rings is 1. The number of imide groups is 1. The Morgan fingerprint density at radius 1 is 1.24 bits per heavy atom. The van der Waals surface area contributed by atoms with Crippen LogP contribution in [0.2, 0.25) is 0 Å². The van der Waals surface area contributed by atoms with E-state index in [0.717, 1.165) is 11.3 Å². The van der Waals surface area contributed by atoms with Gasteiger partial charge in [-0.2, -0.15) is 0 Å². The fraction of sp³-hybridized carbons (Fsp3) is 0.500. The number of carbonyl (C=O) groups is 2. The first-order valence-corrected chi connectivity index (χ1v) is 8.38. The lowest BCUT2D eigenvalue weighted by atomic mass is 10.1. The van der Waals surface area contributed by atoms with Crippen LogP contribution in [-0.4, -0.2) is 48.2 Å². The Labute approximate surface area is 148 Å². The molecule has 1 aromatic carbocycles. The summed E-state index contributed by atoms with van der Waals surface area (Å²) in [6.07, 6.45) is 3.47. The van der Waals surface area contributed by atoms with Crippen LogP contribution < -0.4 is 16.2 Å². The largest absolute Gasteiger partial charge is 0.493 e. The van der Waals surface area contributed by atoms with E-state index < -0.39 is 23.9 Å². The van der Waals surface area contributed by atoms with Crippen molar-refractivity contribution in [2.75, 3.05) is 13.2 Å². The molecule has 0 saturated heterocycles. The molecule has 0 fully saturated rings. The number of hydrogen-bond donors (Lipinski definition) is 2. The van der Waals surface area contributed by atoms with E-state index in [4.69, 9.17) is 16.2 Å². The second-order valence-corrected chi connectivity index (χ2v) is 5.70. The lowest BCUT2D eigenvalue weighted by Gasteiger charge is -2.26. The number of hydrogen-bond acceptors (Lipinski definition) is 6. The summed E-state index contributed by atoms with van der Waals surface area (Å²) in [5, 5.41) is 0. The Hall–Kier alpha value is -2.25. The highest BCUT2D eigenvalue weighted by Crippen LogP contribution is 2.11. The summed E-state index contributed by atoms with van der Waals surface area (Å²) in [5.74, 6) is -0.453. The quantitative estimate of drug-likeness (QED) is 0.571. The van der Waals surface area contributed by atoms with Gasteiger partial charge in [0.25, 0.3) is 0 Å². The first-order chi connectivity index (χ1) is 12.0. The summed E-state index contributed by atoms with van der Waals surface area (Å²) in [4.78, 5) is 36.7. The molecule has 7 heteroatoms. The van der Waals surface area contributed by atoms with Crippen LogP contribution in [0.1, 0.15) is 32.6 Å². The number of ether oxygens (including phenoxy) is 1. The SMILES string of the molecule is C[C@@H]([C]=O)N(C(=O)CCOc1ccccc1)C(=O)[C@@H](N)CCCCN. The van der Waals surface area contributed by atoms with E-state index in [-0.39, 0.29) is 13.0 Å². The molecule has 0 bridgehead atoms. The van der Waals surface area contributed by atoms with Crippen molar-refractivity contribution in [3.05, 3.63) is 30.3 Å². The highest BCUT2D eigenvalue weighted by atomic mass is 16.5. The summed E-state index contributed by atoms with van der Waals surface area (Å²) < 4.78 is 5.46. The minimum absolute atomic E-state index is 0.0395. The molecular weight excluding hydrogens is 322 g/mol. The second kappa shape index (κ2) is 11.3. The standard InChI is InChI=1S/C18H26N3O4/c1-14(13-22)21(18(24)16(20)9-5-6-11-19)17(23)10-12-25-15-7-3-2-4-8-15/h2-4,7-8,14,16H,5-6,9-12,19-20H2,1H3/t14-,16-/m0/s1. The first-order valence-electron chi connectivity index (χ1n) is 8.38. The molecule has 1 aromatic rings. The molecule has 0 saturated carbocycles. The molecule has 0 unspecified atom stereocenters. The average molecular weight is 348 g/mol. The molecule has 0 aliphatic rings. The van der Waals surface area contributed by atoms with Crippen LogP contribution in [0.4, 0.5) is 0 Å². The number of para-hydroxylation sites is 1. The van der Waals surface area contributed by atoms with Crippen molar-refractivity contribution in [3.8, 4) is 5.75 Å². The van der Waals surface area contributed by atoms with Crippen molar-refractivity contribution < 1.29 is 19.1 Å². The van der Waals surface area contributed by atoms with Crippen molar-refractivity contribution in [1.82, 2.24) is 4.90 Å². The van der Waals surface area contributed by atoms with E-state index in [1.807, 2.05) is 18.2 Å². The van der Waals surface area contributed by atoms with Gasteiger partial charge < -0.3 is 16.2 Å². The Morgan fingerprint density at radius 2 is 1.92 bits per heavy atom. The molecule has 25 heavy (non-hydrogen) atoms. The zero-order chi connectivity index (χ0) is 18.7. The van der Waals surface area contributed by atoms with Crippen LogP contribution in [-0.2, 0) is 14.4 Å². The second-order valence-electron chi connectivity index (χ2n) is 5.70. The molecular formula is C18H26N3O4. The third kappa shape index (κ3) is 7.03. The number of unbranched alkanes of at least 4 members (excludes halogenated alkanes) is 1. The maximum absolute atomic E-state index is 12.4. The number of carbonyl (C=O) groups excluding carboxylic acids is 3. The third-order valence-corrected chi connectivity index (χ3v) is 3.68. The summed E-state index contributed by atoms with van der Waals surface area (Å²) in [6, 6.07) is 7.18. The molecule has 7 nitrogen and oxygen atoms in total. The summed E-state index contributed by atoms with van der Waals surface area (Å²) >= 11 is 0. The van der Waals surface area contributed by atoms with Crippen LogP contribution in [0, 0.1) is 0 Å². The molecule has 1 rings (SSSR count). The van der Waals surface area contributed by atoms with Crippen molar-refractivity contribution in [3.63, 3.8) is 0 Å². The fourth-order valence-corrected chi connectivity index (χ4v) is 2.29. The molecule has 2 amide bonds. The van der Waals surface area contributed by atoms with Gasteiger partial charge in [0.2, 0.25) is 18.1 Å². The summed E-state index contributed by atoms with van der Waals surface area (Å²) in [5.41, 5.74) is 11.3. The minimum atomic E-state index is -0.989. The van der Waals surface area contributed by atoms with Crippen molar-refractivity contribution in [1.29, 1.82) is 0 Å². The highest BCUT2D eigenvalue weighted by Gasteiger charge is 2.30. The monoisotopic (exact) mass is 348 g/mol. The maximum Gasteiger partial charge on any atom is 0.246 e. The van der Waals surface area contributed by atoms with Crippen LogP contribution in [0.15, 0.2) is 30.3 Å². The minimum Gasteiger partial charge on any atom is -0.493 e. The van der Waals surface area contributed by atoms with Crippen LogP contribution in [0.25, 0.3) is 0 Å². The predicted molar refractivity (Wildman–Crippen MR) is 94.4 cm³/mol. The number of amides is 2. The molecule has 137 valence electrons. The van der Waals surface area contributed by atoms with Gasteiger partial charge in [-0.05, 0) is 38.4 Å². The average Bonchev–Trinajstić information content (AvgIpc) is 2.62.